The van der Waals surface area contributed by atoms with Gasteiger partial charge in [-0.25, -0.2) is 0 Å². The highest BCUT2D eigenvalue weighted by atomic mass is 16.5. The molecule has 1 fully saturated rings. The van der Waals surface area contributed by atoms with Gasteiger partial charge in [0.1, 0.15) is 0 Å². The van der Waals surface area contributed by atoms with Gasteiger partial charge in [0.05, 0.1) is 5.60 Å². The average molecular weight is 185 g/mol. The molecular weight excluding hydrogens is 162 g/mol. The minimum Gasteiger partial charge on any atom is -0.378 e. The van der Waals surface area contributed by atoms with Crippen LogP contribution in [0.15, 0.2) is 0 Å². The summed E-state index contributed by atoms with van der Waals surface area (Å²) in [5.74, 6) is 0. The Balaban J connectivity index is 2.47. The van der Waals surface area contributed by atoms with Gasteiger partial charge in [0, 0.05) is 13.2 Å². The number of ether oxygens (including phenoxy) is 1. The van der Waals surface area contributed by atoms with Gasteiger partial charge in [-0.2, -0.15) is 0 Å². The van der Waals surface area contributed by atoms with Crippen molar-refractivity contribution in [3.8, 4) is 0 Å². The second-order valence-corrected chi connectivity index (χ2v) is 5.42. The lowest BCUT2D eigenvalue weighted by Gasteiger charge is -2.44. The predicted molar refractivity (Wildman–Crippen MR) is 55.6 cm³/mol. The van der Waals surface area contributed by atoms with Crippen LogP contribution in [0.4, 0.5) is 0 Å². The molecule has 2 nitrogen and oxygen atoms in total. The molecule has 78 valence electrons. The van der Waals surface area contributed by atoms with Crippen LogP contribution in [-0.4, -0.2) is 18.8 Å². The molecule has 1 unspecified atom stereocenters. The van der Waals surface area contributed by atoms with Crippen LogP contribution < -0.4 is 5.73 Å². The van der Waals surface area contributed by atoms with Crippen molar-refractivity contribution in [3.05, 3.63) is 0 Å². The van der Waals surface area contributed by atoms with Crippen LogP contribution in [-0.2, 0) is 4.74 Å². The predicted octanol–water partition coefficient (Wildman–Crippen LogP) is 2.32. The van der Waals surface area contributed by atoms with Gasteiger partial charge in [0.25, 0.3) is 0 Å². The molecule has 1 saturated carbocycles. The van der Waals surface area contributed by atoms with E-state index in [2.05, 4.69) is 20.8 Å². The SMILES string of the molecule is COC1(CC(N)C(C)(C)C)CCC1. The van der Waals surface area contributed by atoms with E-state index in [1.807, 2.05) is 7.11 Å². The summed E-state index contributed by atoms with van der Waals surface area (Å²) in [4.78, 5) is 0. The first kappa shape index (κ1) is 11.0. The molecule has 1 atom stereocenters. The van der Waals surface area contributed by atoms with Crippen molar-refractivity contribution in [3.63, 3.8) is 0 Å². The Morgan fingerprint density at radius 2 is 1.92 bits per heavy atom. The van der Waals surface area contributed by atoms with Crippen molar-refractivity contribution in [1.82, 2.24) is 0 Å². The Kier molecular flexibility index (Phi) is 3.03. The van der Waals surface area contributed by atoms with E-state index in [-0.39, 0.29) is 17.1 Å². The number of hydrogen-bond acceptors (Lipinski definition) is 2. The van der Waals surface area contributed by atoms with Crippen LogP contribution in [0.3, 0.4) is 0 Å². The van der Waals surface area contributed by atoms with E-state index in [4.69, 9.17) is 10.5 Å². The third-order valence-electron chi connectivity index (χ3n) is 3.40. The zero-order chi connectivity index (χ0) is 10.1. The van der Waals surface area contributed by atoms with Crippen molar-refractivity contribution in [1.29, 1.82) is 0 Å². The summed E-state index contributed by atoms with van der Waals surface area (Å²) in [7, 11) is 1.81. The maximum absolute atomic E-state index is 6.14. The van der Waals surface area contributed by atoms with Gasteiger partial charge in [-0.05, 0) is 31.1 Å². The highest BCUT2D eigenvalue weighted by molar-refractivity contribution is 4.95. The molecule has 1 rings (SSSR count). The topological polar surface area (TPSA) is 35.2 Å². The number of methoxy groups -OCH3 is 1. The fourth-order valence-electron chi connectivity index (χ4n) is 1.77. The van der Waals surface area contributed by atoms with Gasteiger partial charge >= 0.3 is 0 Å². The molecule has 13 heavy (non-hydrogen) atoms. The molecule has 1 aliphatic carbocycles. The van der Waals surface area contributed by atoms with Gasteiger partial charge in [-0.3, -0.25) is 0 Å². The third-order valence-corrected chi connectivity index (χ3v) is 3.40. The lowest BCUT2D eigenvalue weighted by atomic mass is 9.71. The Bertz CT molecular complexity index is 162. The smallest absolute Gasteiger partial charge is 0.0693 e. The van der Waals surface area contributed by atoms with E-state index < -0.39 is 0 Å². The molecule has 0 spiro atoms. The quantitative estimate of drug-likeness (QED) is 0.732. The Hall–Kier alpha value is -0.0800. The average Bonchev–Trinajstić information content (AvgIpc) is 1.94. The fourth-order valence-corrected chi connectivity index (χ4v) is 1.77. The lowest BCUT2D eigenvalue weighted by molar-refractivity contribution is -0.0871. The van der Waals surface area contributed by atoms with Crippen LogP contribution in [0, 0.1) is 5.41 Å². The minimum atomic E-state index is 0.118. The molecule has 0 heterocycles. The minimum absolute atomic E-state index is 0.118. The van der Waals surface area contributed by atoms with Crippen molar-refractivity contribution < 1.29 is 4.74 Å². The number of nitrogens with two attached hydrogens (primary N) is 1. The zero-order valence-electron chi connectivity index (χ0n) is 9.39. The third kappa shape index (κ3) is 2.44. The normalized spacial score (nSPS) is 23.8. The first-order valence-electron chi connectivity index (χ1n) is 5.20. The van der Waals surface area contributed by atoms with Gasteiger partial charge in [-0.1, -0.05) is 20.8 Å². The molecule has 2 N–H and O–H groups in total. The molecule has 0 bridgehead atoms. The highest BCUT2D eigenvalue weighted by Gasteiger charge is 2.40. The molecule has 0 saturated heterocycles. The molecule has 0 amide bonds. The maximum Gasteiger partial charge on any atom is 0.0693 e. The molecule has 2 heteroatoms. The van der Waals surface area contributed by atoms with E-state index in [1.165, 1.54) is 19.3 Å². The summed E-state index contributed by atoms with van der Waals surface area (Å²) in [5, 5.41) is 0. The standard InChI is InChI=1S/C11H23NO/c1-10(2,3)9(12)8-11(13-4)6-5-7-11/h9H,5-8,12H2,1-4H3. The summed E-state index contributed by atoms with van der Waals surface area (Å²) in [5.41, 5.74) is 6.46. The van der Waals surface area contributed by atoms with Crippen molar-refractivity contribution >= 4 is 0 Å². The van der Waals surface area contributed by atoms with Crippen LogP contribution in [0.1, 0.15) is 46.5 Å². The largest absolute Gasteiger partial charge is 0.378 e. The van der Waals surface area contributed by atoms with Crippen LogP contribution >= 0.6 is 0 Å². The fraction of sp³-hybridized carbons (Fsp3) is 1.00. The molecule has 0 aliphatic heterocycles. The Labute approximate surface area is 81.8 Å². The molecular formula is C11H23NO. The number of hydrogen-bond donors (Lipinski definition) is 1. The summed E-state index contributed by atoms with van der Waals surface area (Å²) in [6, 6.07) is 0.243. The first-order chi connectivity index (χ1) is 5.90. The van der Waals surface area contributed by atoms with Crippen LogP contribution in [0.5, 0.6) is 0 Å². The van der Waals surface area contributed by atoms with Crippen LogP contribution in [0.25, 0.3) is 0 Å². The number of rotatable bonds is 3. The van der Waals surface area contributed by atoms with Gasteiger partial charge in [0.2, 0.25) is 0 Å². The first-order valence-corrected chi connectivity index (χ1v) is 5.20. The van der Waals surface area contributed by atoms with E-state index >= 15 is 0 Å². The maximum atomic E-state index is 6.14. The monoisotopic (exact) mass is 185 g/mol. The lowest BCUT2D eigenvalue weighted by Crippen LogP contribution is -2.48. The Morgan fingerprint density at radius 3 is 2.15 bits per heavy atom. The summed E-state index contributed by atoms with van der Waals surface area (Å²) < 4.78 is 5.56. The molecule has 0 radical (unpaired) electrons. The molecule has 1 aliphatic rings. The van der Waals surface area contributed by atoms with Crippen LogP contribution in [0.2, 0.25) is 0 Å². The van der Waals surface area contributed by atoms with Gasteiger partial charge in [0.15, 0.2) is 0 Å². The second kappa shape index (κ2) is 3.58. The van der Waals surface area contributed by atoms with E-state index in [0.717, 1.165) is 6.42 Å². The van der Waals surface area contributed by atoms with E-state index in [9.17, 15) is 0 Å². The molecule has 0 aromatic heterocycles. The summed E-state index contributed by atoms with van der Waals surface area (Å²) in [6.45, 7) is 6.58. The van der Waals surface area contributed by atoms with Gasteiger partial charge < -0.3 is 10.5 Å². The van der Waals surface area contributed by atoms with Crippen molar-refractivity contribution in [2.75, 3.05) is 7.11 Å². The Morgan fingerprint density at radius 1 is 1.38 bits per heavy atom. The second-order valence-electron chi connectivity index (χ2n) is 5.42. The summed E-state index contributed by atoms with van der Waals surface area (Å²) >= 11 is 0. The van der Waals surface area contributed by atoms with E-state index in [0.29, 0.717) is 0 Å². The van der Waals surface area contributed by atoms with Crippen molar-refractivity contribution in [2.45, 2.75) is 58.1 Å². The van der Waals surface area contributed by atoms with Crippen molar-refractivity contribution in [2.24, 2.45) is 11.1 Å². The van der Waals surface area contributed by atoms with E-state index in [1.54, 1.807) is 0 Å². The summed E-state index contributed by atoms with van der Waals surface area (Å²) in [6.07, 6.45) is 4.68. The molecule has 0 aromatic carbocycles. The molecule has 0 aromatic rings. The zero-order valence-corrected chi connectivity index (χ0v) is 9.39. The van der Waals surface area contributed by atoms with Gasteiger partial charge in [-0.15, -0.1) is 0 Å². The highest BCUT2D eigenvalue weighted by Crippen LogP contribution is 2.40.